The Morgan fingerprint density at radius 2 is 1.72 bits per heavy atom. The van der Waals surface area contributed by atoms with Crippen molar-refractivity contribution in [1.29, 1.82) is 0 Å². The number of carbonyl (C=O) groups excluding carboxylic acids is 2. The van der Waals surface area contributed by atoms with Crippen molar-refractivity contribution in [3.63, 3.8) is 0 Å². The number of amides is 2. The number of nitrogens with two attached hydrogens (primary N) is 1. The first kappa shape index (κ1) is 17.0. The first-order valence-electron chi connectivity index (χ1n) is 8.08. The molecule has 1 saturated carbocycles. The van der Waals surface area contributed by atoms with Gasteiger partial charge in [-0.05, 0) is 54.8 Å². The maximum Gasteiger partial charge on any atom is 0.255 e. The molecule has 0 unspecified atom stereocenters. The zero-order valence-corrected chi connectivity index (χ0v) is 13.6. The second-order valence-electron chi connectivity index (χ2n) is 6.18. The summed E-state index contributed by atoms with van der Waals surface area (Å²) in [7, 11) is 0. The van der Waals surface area contributed by atoms with Crippen molar-refractivity contribution in [2.45, 2.75) is 24.7 Å². The highest BCUT2D eigenvalue weighted by Gasteiger charge is 2.45. The molecule has 3 N–H and O–H groups in total. The fourth-order valence-corrected chi connectivity index (χ4v) is 2.99. The molecular formula is C19H19FN2O3. The summed E-state index contributed by atoms with van der Waals surface area (Å²) in [5.41, 5.74) is 5.89. The van der Waals surface area contributed by atoms with Crippen LogP contribution in [0.5, 0.6) is 5.75 Å². The molecule has 3 rings (SSSR count). The van der Waals surface area contributed by atoms with Crippen LogP contribution in [0.15, 0.2) is 48.5 Å². The summed E-state index contributed by atoms with van der Waals surface area (Å²) in [4.78, 5) is 23.5. The van der Waals surface area contributed by atoms with E-state index in [4.69, 9.17) is 10.5 Å². The number of hydrogen-bond acceptors (Lipinski definition) is 3. The lowest BCUT2D eigenvalue weighted by Crippen LogP contribution is -2.46. The Labute approximate surface area is 145 Å². The van der Waals surface area contributed by atoms with E-state index in [1.54, 1.807) is 36.4 Å². The van der Waals surface area contributed by atoms with Crippen molar-refractivity contribution in [1.82, 2.24) is 0 Å². The van der Waals surface area contributed by atoms with Gasteiger partial charge in [0.25, 0.3) is 5.91 Å². The molecule has 2 amide bonds. The number of primary amides is 1. The molecule has 0 aliphatic heterocycles. The van der Waals surface area contributed by atoms with Crippen LogP contribution in [0.25, 0.3) is 0 Å². The molecule has 0 atom stereocenters. The van der Waals surface area contributed by atoms with Crippen LogP contribution >= 0.6 is 0 Å². The first-order chi connectivity index (χ1) is 12.0. The van der Waals surface area contributed by atoms with Crippen LogP contribution in [0, 0.1) is 5.82 Å². The van der Waals surface area contributed by atoms with Crippen LogP contribution in [0.3, 0.4) is 0 Å². The van der Waals surface area contributed by atoms with Gasteiger partial charge in [0.15, 0.2) is 6.61 Å². The number of rotatable bonds is 6. The third-order valence-corrected chi connectivity index (χ3v) is 4.53. The smallest absolute Gasteiger partial charge is 0.255 e. The third kappa shape index (κ3) is 3.63. The van der Waals surface area contributed by atoms with Gasteiger partial charge < -0.3 is 15.8 Å². The summed E-state index contributed by atoms with van der Waals surface area (Å²) >= 11 is 0. The lowest BCUT2D eigenvalue weighted by molar-refractivity contribution is -0.124. The van der Waals surface area contributed by atoms with E-state index in [1.807, 2.05) is 0 Å². The molecule has 2 aromatic rings. The minimum atomic E-state index is -0.602. The van der Waals surface area contributed by atoms with Gasteiger partial charge in [0.05, 0.1) is 5.41 Å². The molecule has 130 valence electrons. The Kier molecular flexibility index (Phi) is 4.70. The number of hydrogen-bond donors (Lipinski definition) is 2. The molecule has 0 radical (unpaired) electrons. The number of anilines is 1. The predicted molar refractivity (Wildman–Crippen MR) is 91.7 cm³/mol. The largest absolute Gasteiger partial charge is 0.484 e. The second kappa shape index (κ2) is 6.93. The highest BCUT2D eigenvalue weighted by atomic mass is 19.1. The summed E-state index contributed by atoms with van der Waals surface area (Å²) in [6, 6.07) is 12.8. The maximum absolute atomic E-state index is 13.2. The quantitative estimate of drug-likeness (QED) is 0.847. The molecule has 0 aromatic heterocycles. The van der Waals surface area contributed by atoms with Crippen LogP contribution in [0.2, 0.25) is 0 Å². The minimum absolute atomic E-state index is 0.101. The van der Waals surface area contributed by atoms with Crippen molar-refractivity contribution >= 4 is 17.5 Å². The number of benzene rings is 2. The summed E-state index contributed by atoms with van der Waals surface area (Å²) in [6.07, 6.45) is 2.44. The first-order valence-corrected chi connectivity index (χ1v) is 8.08. The van der Waals surface area contributed by atoms with E-state index >= 15 is 0 Å². The normalized spacial score (nSPS) is 15.1. The van der Waals surface area contributed by atoms with Crippen molar-refractivity contribution in [2.75, 3.05) is 11.9 Å². The summed E-state index contributed by atoms with van der Waals surface area (Å²) in [5, 5.41) is 2.91. The Balaban J connectivity index is 1.70. The van der Waals surface area contributed by atoms with Crippen molar-refractivity contribution in [3.05, 3.63) is 59.9 Å². The van der Waals surface area contributed by atoms with Gasteiger partial charge in [-0.1, -0.05) is 18.6 Å². The zero-order valence-electron chi connectivity index (χ0n) is 13.6. The SMILES string of the molecule is NC(=O)COc1ccc(NC(=O)C2(c3ccc(F)cc3)CCC2)cc1. The van der Waals surface area contributed by atoms with Gasteiger partial charge in [-0.2, -0.15) is 0 Å². The van der Waals surface area contributed by atoms with Crippen LogP contribution < -0.4 is 15.8 Å². The number of halogens is 1. The van der Waals surface area contributed by atoms with E-state index in [9.17, 15) is 14.0 Å². The van der Waals surface area contributed by atoms with Gasteiger partial charge in [-0.3, -0.25) is 9.59 Å². The van der Waals surface area contributed by atoms with Crippen molar-refractivity contribution in [2.24, 2.45) is 5.73 Å². The molecule has 2 aromatic carbocycles. The Morgan fingerprint density at radius 3 is 2.24 bits per heavy atom. The van der Waals surface area contributed by atoms with Gasteiger partial charge in [-0.25, -0.2) is 4.39 Å². The highest BCUT2D eigenvalue weighted by Crippen LogP contribution is 2.44. The summed E-state index contributed by atoms with van der Waals surface area (Å²) < 4.78 is 18.3. The number of nitrogens with one attached hydrogen (secondary N) is 1. The summed E-state index contributed by atoms with van der Waals surface area (Å²) in [5.74, 6) is -0.473. The molecule has 1 aliphatic carbocycles. The van der Waals surface area contributed by atoms with E-state index in [-0.39, 0.29) is 18.3 Å². The Morgan fingerprint density at radius 1 is 1.08 bits per heavy atom. The van der Waals surface area contributed by atoms with Gasteiger partial charge in [0.1, 0.15) is 11.6 Å². The molecule has 5 nitrogen and oxygen atoms in total. The molecule has 1 aliphatic rings. The third-order valence-electron chi connectivity index (χ3n) is 4.53. The summed E-state index contributed by atoms with van der Waals surface area (Å²) in [6.45, 7) is -0.195. The molecule has 0 bridgehead atoms. The van der Waals surface area contributed by atoms with E-state index in [0.717, 1.165) is 24.8 Å². The minimum Gasteiger partial charge on any atom is -0.484 e. The molecular weight excluding hydrogens is 323 g/mol. The average molecular weight is 342 g/mol. The second-order valence-corrected chi connectivity index (χ2v) is 6.18. The number of ether oxygens (including phenoxy) is 1. The molecule has 6 heteroatoms. The van der Waals surface area contributed by atoms with Crippen LogP contribution in [0.1, 0.15) is 24.8 Å². The van der Waals surface area contributed by atoms with Crippen molar-refractivity contribution in [3.8, 4) is 5.75 Å². The van der Waals surface area contributed by atoms with Crippen molar-refractivity contribution < 1.29 is 18.7 Å². The fourth-order valence-electron chi connectivity index (χ4n) is 2.99. The van der Waals surface area contributed by atoms with Gasteiger partial charge in [-0.15, -0.1) is 0 Å². The van der Waals surface area contributed by atoms with Crippen LogP contribution in [-0.2, 0) is 15.0 Å². The lowest BCUT2D eigenvalue weighted by atomic mass is 9.64. The standard InChI is InChI=1S/C19H19FN2O3/c20-14-4-2-13(3-5-14)19(10-1-11-19)18(24)22-15-6-8-16(9-7-15)25-12-17(21)23/h2-9H,1,10-12H2,(H2,21,23)(H,22,24). The van der Waals surface area contributed by atoms with Gasteiger partial charge >= 0.3 is 0 Å². The van der Waals surface area contributed by atoms with Gasteiger partial charge in [0.2, 0.25) is 5.91 Å². The highest BCUT2D eigenvalue weighted by molar-refractivity contribution is 6.00. The molecule has 0 heterocycles. The van der Waals surface area contributed by atoms with Gasteiger partial charge in [0, 0.05) is 5.69 Å². The van der Waals surface area contributed by atoms with E-state index < -0.39 is 11.3 Å². The maximum atomic E-state index is 13.2. The monoisotopic (exact) mass is 342 g/mol. The molecule has 0 saturated heterocycles. The molecule has 0 spiro atoms. The zero-order chi connectivity index (χ0) is 17.9. The van der Waals surface area contributed by atoms with E-state index in [1.165, 1.54) is 12.1 Å². The van der Waals surface area contributed by atoms with E-state index in [0.29, 0.717) is 11.4 Å². The average Bonchev–Trinajstić information content (AvgIpc) is 2.55. The number of carbonyl (C=O) groups is 2. The van der Waals surface area contributed by atoms with E-state index in [2.05, 4.69) is 5.32 Å². The molecule has 25 heavy (non-hydrogen) atoms. The Hall–Kier alpha value is -2.89. The fraction of sp³-hybridized carbons (Fsp3) is 0.263. The van der Waals surface area contributed by atoms with Crippen LogP contribution in [-0.4, -0.2) is 18.4 Å². The predicted octanol–water partition coefficient (Wildman–Crippen LogP) is 2.75. The molecule has 1 fully saturated rings. The topological polar surface area (TPSA) is 81.4 Å². The van der Waals surface area contributed by atoms with Crippen LogP contribution in [0.4, 0.5) is 10.1 Å². The lowest BCUT2D eigenvalue weighted by Gasteiger charge is -2.40. The Bertz CT molecular complexity index is 768.